The summed E-state index contributed by atoms with van der Waals surface area (Å²) in [5.41, 5.74) is -1.00. The van der Waals surface area contributed by atoms with Crippen LogP contribution in [0.25, 0.3) is 11.3 Å². The molecular weight excluding hydrogens is 690 g/mol. The number of benzene rings is 1. The summed E-state index contributed by atoms with van der Waals surface area (Å²) >= 11 is 1.04. The van der Waals surface area contributed by atoms with Crippen molar-refractivity contribution in [3.05, 3.63) is 46.0 Å². The minimum atomic E-state index is -0.642. The van der Waals surface area contributed by atoms with Crippen molar-refractivity contribution < 1.29 is 23.8 Å². The van der Waals surface area contributed by atoms with Gasteiger partial charge in [-0.25, -0.2) is 9.37 Å². The Balaban J connectivity index is 1.06. The highest BCUT2D eigenvalue weighted by molar-refractivity contribution is 7.99. The Kier molecular flexibility index (Phi) is 9.59. The summed E-state index contributed by atoms with van der Waals surface area (Å²) in [5, 5.41) is 22.0. The van der Waals surface area contributed by atoms with Gasteiger partial charge in [-0.05, 0) is 137 Å². The molecule has 2 aromatic rings. The first-order valence-corrected chi connectivity index (χ1v) is 20.8. The highest BCUT2D eigenvalue weighted by Crippen LogP contribution is 2.76. The quantitative estimate of drug-likeness (QED) is 0.171. The van der Waals surface area contributed by atoms with Crippen LogP contribution in [0.4, 0.5) is 4.39 Å². The van der Waals surface area contributed by atoms with Gasteiger partial charge >= 0.3 is 5.97 Å². The molecule has 1 aliphatic heterocycles. The van der Waals surface area contributed by atoms with Crippen molar-refractivity contribution in [2.45, 2.75) is 148 Å². The highest BCUT2D eigenvalue weighted by Gasteiger charge is 2.72. The molecule has 8 nitrogen and oxygen atoms in total. The third-order valence-electron chi connectivity index (χ3n) is 15.8. The molecule has 0 radical (unpaired) electrons. The lowest BCUT2D eigenvalue weighted by molar-refractivity contribution is -0.258. The SMILES string of the molecule is CC1(C)CCC[C@](C)([C@@H]2CC[C@]3(C)[C@@H]2[C@H](O)CC2[C@@]4(C)CC[C@H](OC(=O)CSc5nc(-c6cccc(F)c6)c(C#N)c(=O)[nH]5)C(C)(C)[C@@H]4CC[C@]23C)O1. The number of hydrogen-bond donors (Lipinski definition) is 2. The lowest BCUT2D eigenvalue weighted by atomic mass is 9.35. The van der Waals surface area contributed by atoms with Gasteiger partial charge in [0.2, 0.25) is 0 Å². The number of esters is 1. The largest absolute Gasteiger partial charge is 0.461 e. The van der Waals surface area contributed by atoms with Crippen LogP contribution in [0.1, 0.15) is 125 Å². The fourth-order valence-electron chi connectivity index (χ4n) is 13.3. The highest BCUT2D eigenvalue weighted by atomic mass is 32.2. The molecule has 5 fully saturated rings. The molecule has 1 aromatic heterocycles. The van der Waals surface area contributed by atoms with Gasteiger partial charge < -0.3 is 19.6 Å². The van der Waals surface area contributed by atoms with E-state index in [4.69, 9.17) is 9.47 Å². The third kappa shape index (κ3) is 6.20. The number of aromatic nitrogens is 2. The first-order valence-electron chi connectivity index (χ1n) is 19.8. The van der Waals surface area contributed by atoms with E-state index in [1.807, 2.05) is 6.07 Å². The van der Waals surface area contributed by atoms with Crippen LogP contribution < -0.4 is 5.56 Å². The molecule has 288 valence electrons. The Bertz CT molecular complexity index is 1870. The van der Waals surface area contributed by atoms with E-state index in [1.165, 1.54) is 24.6 Å². The topological polar surface area (TPSA) is 125 Å². The van der Waals surface area contributed by atoms with Crippen molar-refractivity contribution in [2.75, 3.05) is 5.75 Å². The number of H-pyrrole nitrogens is 1. The van der Waals surface area contributed by atoms with Crippen molar-refractivity contribution >= 4 is 17.7 Å². The Hall–Kier alpha value is -2.74. The van der Waals surface area contributed by atoms with Crippen LogP contribution in [0, 0.1) is 62.5 Å². The smallest absolute Gasteiger partial charge is 0.316 e. The number of aliphatic hydroxyl groups is 1. The number of nitrogens with zero attached hydrogens (tertiary/aromatic N) is 2. The standard InChI is InChI=1S/C43H58FN3O5S/c1-38(2)16-10-17-43(8,52-38)28-13-19-42(7)34(28)29(48)22-31-40(5)18-15-32(39(3,4)30(40)14-20-41(31,42)6)51-33(49)24-53-37-46-35(27(23-45)36(50)47-37)25-11-9-12-26(44)21-25/h9,11-12,21,28-32,34,48H,10,13-20,22,24H2,1-8H3,(H,46,47,50)/t28-,29-,30+,31?,32+,34+,40+,41-,42-,43-/m1/s1. The molecule has 5 aliphatic rings. The van der Waals surface area contributed by atoms with Crippen molar-refractivity contribution in [2.24, 2.45) is 45.3 Å². The van der Waals surface area contributed by atoms with Crippen LogP contribution in [0.2, 0.25) is 0 Å². The molecule has 2 N–H and O–H groups in total. The first-order chi connectivity index (χ1) is 24.8. The summed E-state index contributed by atoms with van der Waals surface area (Å²) in [4.78, 5) is 33.2. The van der Waals surface area contributed by atoms with Gasteiger partial charge in [-0.15, -0.1) is 0 Å². The summed E-state index contributed by atoms with van der Waals surface area (Å²) in [7, 11) is 0. The second kappa shape index (κ2) is 13.2. The number of halogens is 1. The van der Waals surface area contributed by atoms with Gasteiger partial charge in [0.25, 0.3) is 5.56 Å². The van der Waals surface area contributed by atoms with E-state index < -0.39 is 17.3 Å². The predicted molar refractivity (Wildman–Crippen MR) is 203 cm³/mol. The van der Waals surface area contributed by atoms with Crippen LogP contribution in [0.15, 0.2) is 34.2 Å². The average Bonchev–Trinajstić information content (AvgIpc) is 3.46. The number of aliphatic hydroxyl groups excluding tert-OH is 1. The maximum Gasteiger partial charge on any atom is 0.316 e. The molecule has 4 aliphatic carbocycles. The van der Waals surface area contributed by atoms with Gasteiger partial charge in [0.05, 0.1) is 28.8 Å². The van der Waals surface area contributed by atoms with Crippen LogP contribution >= 0.6 is 11.8 Å². The number of thioether (sulfide) groups is 1. The molecule has 1 saturated heterocycles. The predicted octanol–water partition coefficient (Wildman–Crippen LogP) is 8.85. The molecule has 0 bridgehead atoms. The summed E-state index contributed by atoms with van der Waals surface area (Å²) in [5.74, 6) is 0.281. The third-order valence-corrected chi connectivity index (χ3v) is 16.6. The van der Waals surface area contributed by atoms with E-state index in [9.17, 15) is 24.3 Å². The maximum absolute atomic E-state index is 14.0. The van der Waals surface area contributed by atoms with Crippen molar-refractivity contribution in [1.82, 2.24) is 9.97 Å². The minimum Gasteiger partial charge on any atom is -0.461 e. The number of ether oxygens (including phenoxy) is 2. The summed E-state index contributed by atoms with van der Waals surface area (Å²) in [6, 6.07) is 7.46. The van der Waals surface area contributed by atoms with Crippen molar-refractivity contribution in [1.29, 1.82) is 5.26 Å². The Morgan fingerprint density at radius 3 is 2.47 bits per heavy atom. The molecule has 10 atom stereocenters. The molecule has 1 aromatic carbocycles. The van der Waals surface area contributed by atoms with Gasteiger partial charge in [-0.3, -0.25) is 9.59 Å². The molecule has 53 heavy (non-hydrogen) atoms. The van der Waals surface area contributed by atoms with Crippen LogP contribution in [-0.4, -0.2) is 50.2 Å². The number of nitrogens with one attached hydrogen (secondary N) is 1. The van der Waals surface area contributed by atoms with E-state index >= 15 is 0 Å². The zero-order valence-corrected chi connectivity index (χ0v) is 33.6. The van der Waals surface area contributed by atoms with E-state index in [0.29, 0.717) is 23.3 Å². The normalized spacial score (nSPS) is 39.9. The molecule has 2 heterocycles. The zero-order chi connectivity index (χ0) is 38.4. The van der Waals surface area contributed by atoms with Crippen LogP contribution in [-0.2, 0) is 14.3 Å². The van der Waals surface area contributed by atoms with E-state index in [2.05, 4.69) is 65.4 Å². The number of carbonyl (C=O) groups is 1. The van der Waals surface area contributed by atoms with Crippen LogP contribution in [0.3, 0.4) is 0 Å². The lowest BCUT2D eigenvalue weighted by Crippen LogP contribution is -2.67. The molecule has 7 rings (SSSR count). The van der Waals surface area contributed by atoms with Gasteiger partial charge in [0.15, 0.2) is 5.16 Å². The van der Waals surface area contributed by atoms with Crippen LogP contribution in [0.5, 0.6) is 0 Å². The number of carbonyl (C=O) groups excluding carboxylic acids is 1. The average molecular weight is 748 g/mol. The Morgan fingerprint density at radius 1 is 1.04 bits per heavy atom. The van der Waals surface area contributed by atoms with Crippen molar-refractivity contribution in [3.63, 3.8) is 0 Å². The Morgan fingerprint density at radius 2 is 1.77 bits per heavy atom. The second-order valence-electron chi connectivity index (χ2n) is 19.3. The molecule has 4 saturated carbocycles. The van der Waals surface area contributed by atoms with E-state index in [1.54, 1.807) is 6.07 Å². The molecule has 0 amide bonds. The number of aromatic amines is 1. The van der Waals surface area contributed by atoms with E-state index in [0.717, 1.165) is 69.5 Å². The molecule has 1 unspecified atom stereocenters. The number of fused-ring (bicyclic) bond motifs is 5. The second-order valence-corrected chi connectivity index (χ2v) is 20.3. The minimum absolute atomic E-state index is 0.00631. The fourth-order valence-corrected chi connectivity index (χ4v) is 13.9. The summed E-state index contributed by atoms with van der Waals surface area (Å²) in [6.07, 6.45) is 9.54. The molecular formula is C43H58FN3O5S. The fraction of sp³-hybridized carbons (Fsp3) is 0.721. The van der Waals surface area contributed by atoms with Gasteiger partial charge in [0, 0.05) is 11.0 Å². The van der Waals surface area contributed by atoms with Gasteiger partial charge in [-0.1, -0.05) is 58.5 Å². The number of nitriles is 1. The summed E-state index contributed by atoms with van der Waals surface area (Å²) < 4.78 is 27.2. The van der Waals surface area contributed by atoms with Crippen molar-refractivity contribution in [3.8, 4) is 17.3 Å². The summed E-state index contributed by atoms with van der Waals surface area (Å²) in [6.45, 7) is 18.8. The molecule has 10 heteroatoms. The van der Waals surface area contributed by atoms with Gasteiger partial charge in [0.1, 0.15) is 23.6 Å². The molecule has 0 spiro atoms. The Labute approximate surface area is 318 Å². The van der Waals surface area contributed by atoms with Gasteiger partial charge in [-0.2, -0.15) is 5.26 Å². The number of hydrogen-bond acceptors (Lipinski definition) is 8. The zero-order valence-electron chi connectivity index (χ0n) is 32.8. The number of rotatable bonds is 6. The monoisotopic (exact) mass is 747 g/mol. The van der Waals surface area contributed by atoms with E-state index in [-0.39, 0.29) is 73.2 Å². The first kappa shape index (κ1) is 38.5. The maximum atomic E-state index is 14.0. The lowest BCUT2D eigenvalue weighted by Gasteiger charge is -2.70.